The van der Waals surface area contributed by atoms with Crippen LogP contribution < -0.4 is 5.32 Å². The van der Waals surface area contributed by atoms with Gasteiger partial charge in [0, 0.05) is 13.1 Å². The Labute approximate surface area is 73.1 Å². The zero-order valence-electron chi connectivity index (χ0n) is 6.96. The summed E-state index contributed by atoms with van der Waals surface area (Å²) >= 11 is 0. The second-order valence-corrected chi connectivity index (χ2v) is 2.91. The molecule has 1 aromatic carbocycles. The molecular formula is C11H12N. The van der Waals surface area contributed by atoms with Gasteiger partial charge in [-0.3, -0.25) is 0 Å². The minimum Gasteiger partial charge on any atom is -0.309 e. The van der Waals surface area contributed by atoms with Crippen molar-refractivity contribution < 1.29 is 0 Å². The molecule has 0 bridgehead atoms. The first-order chi connectivity index (χ1) is 5.97. The highest BCUT2D eigenvalue weighted by Crippen LogP contribution is 2.19. The van der Waals surface area contributed by atoms with Gasteiger partial charge in [-0.05, 0) is 17.6 Å². The Morgan fingerprint density at radius 2 is 1.92 bits per heavy atom. The molecule has 1 aliphatic heterocycles. The van der Waals surface area contributed by atoms with E-state index in [4.69, 9.17) is 0 Å². The molecule has 0 aromatic heterocycles. The van der Waals surface area contributed by atoms with E-state index >= 15 is 0 Å². The second kappa shape index (κ2) is 3.55. The lowest BCUT2D eigenvalue weighted by Crippen LogP contribution is -2.14. The number of rotatable bonds is 1. The Morgan fingerprint density at radius 3 is 2.58 bits per heavy atom. The molecule has 12 heavy (non-hydrogen) atoms. The fourth-order valence-electron chi connectivity index (χ4n) is 1.42. The lowest BCUT2D eigenvalue weighted by molar-refractivity contribution is 0.839. The van der Waals surface area contributed by atoms with Gasteiger partial charge in [-0.2, -0.15) is 0 Å². The number of hydrogen-bond acceptors (Lipinski definition) is 1. The van der Waals surface area contributed by atoms with Gasteiger partial charge in [0.1, 0.15) is 0 Å². The lowest BCUT2D eigenvalue weighted by Gasteiger charge is -2.13. The molecule has 0 unspecified atom stereocenters. The molecule has 0 spiro atoms. The molecule has 61 valence electrons. The highest BCUT2D eigenvalue weighted by atomic mass is 14.8. The van der Waals surface area contributed by atoms with Crippen LogP contribution in [0.15, 0.2) is 36.4 Å². The molecule has 1 aromatic rings. The van der Waals surface area contributed by atoms with E-state index in [1.54, 1.807) is 0 Å². The Kier molecular flexibility index (Phi) is 2.23. The summed E-state index contributed by atoms with van der Waals surface area (Å²) in [7, 11) is 0. The maximum Gasteiger partial charge on any atom is 0.0267 e. The van der Waals surface area contributed by atoms with Crippen molar-refractivity contribution in [1.82, 2.24) is 5.32 Å². The van der Waals surface area contributed by atoms with Gasteiger partial charge in [-0.15, -0.1) is 0 Å². The van der Waals surface area contributed by atoms with Gasteiger partial charge >= 0.3 is 0 Å². The van der Waals surface area contributed by atoms with Crippen LogP contribution in [0.5, 0.6) is 0 Å². The van der Waals surface area contributed by atoms with E-state index in [0.29, 0.717) is 0 Å². The van der Waals surface area contributed by atoms with Crippen LogP contribution >= 0.6 is 0 Å². The largest absolute Gasteiger partial charge is 0.309 e. The first kappa shape index (κ1) is 7.56. The van der Waals surface area contributed by atoms with Gasteiger partial charge in [0.25, 0.3) is 0 Å². The molecule has 1 N–H and O–H groups in total. The third-order valence-corrected chi connectivity index (χ3v) is 2.08. The third-order valence-electron chi connectivity index (χ3n) is 2.08. The van der Waals surface area contributed by atoms with Crippen LogP contribution in [0.3, 0.4) is 0 Å². The first-order valence-corrected chi connectivity index (χ1v) is 4.26. The molecule has 1 nitrogen and oxygen atoms in total. The molecule has 0 atom stereocenters. The molecule has 1 radical (unpaired) electrons. The minimum atomic E-state index is 0.963. The molecule has 1 heteroatoms. The summed E-state index contributed by atoms with van der Waals surface area (Å²) in [5.74, 6) is 0. The van der Waals surface area contributed by atoms with E-state index in [-0.39, 0.29) is 0 Å². The summed E-state index contributed by atoms with van der Waals surface area (Å²) in [6.45, 7) is 3.08. The standard InChI is InChI=1S/C11H12N/c1-2-4-10(5-3-1)11-6-8-12-9-7-11/h1-6,9,12H,7-8H2. The summed E-state index contributed by atoms with van der Waals surface area (Å²) < 4.78 is 0. The Bertz CT molecular complexity index is 274. The average molecular weight is 158 g/mol. The van der Waals surface area contributed by atoms with Crippen LogP contribution in [0, 0.1) is 6.54 Å². The normalized spacial score (nSPS) is 17.2. The van der Waals surface area contributed by atoms with Crippen LogP contribution in [0.2, 0.25) is 0 Å². The van der Waals surface area contributed by atoms with Crippen molar-refractivity contribution in [3.63, 3.8) is 0 Å². The van der Waals surface area contributed by atoms with Gasteiger partial charge in [0.2, 0.25) is 0 Å². The minimum absolute atomic E-state index is 0.963. The van der Waals surface area contributed by atoms with Gasteiger partial charge in [-0.1, -0.05) is 36.4 Å². The van der Waals surface area contributed by atoms with Crippen LogP contribution in [-0.2, 0) is 0 Å². The van der Waals surface area contributed by atoms with Gasteiger partial charge in [0.15, 0.2) is 0 Å². The lowest BCUT2D eigenvalue weighted by atomic mass is 10.0. The van der Waals surface area contributed by atoms with E-state index in [1.165, 1.54) is 11.1 Å². The van der Waals surface area contributed by atoms with E-state index < -0.39 is 0 Å². The molecule has 1 heterocycles. The quantitative estimate of drug-likeness (QED) is 0.660. The number of nitrogens with one attached hydrogen (secondary N) is 1. The van der Waals surface area contributed by atoms with Crippen molar-refractivity contribution in [1.29, 1.82) is 0 Å². The van der Waals surface area contributed by atoms with Crippen molar-refractivity contribution in [2.45, 2.75) is 6.42 Å². The zero-order valence-corrected chi connectivity index (χ0v) is 6.96. The van der Waals surface area contributed by atoms with Gasteiger partial charge in [0.05, 0.1) is 0 Å². The Morgan fingerprint density at radius 1 is 1.08 bits per heavy atom. The van der Waals surface area contributed by atoms with Gasteiger partial charge in [-0.25, -0.2) is 0 Å². The number of hydrogen-bond donors (Lipinski definition) is 1. The van der Waals surface area contributed by atoms with E-state index in [0.717, 1.165) is 13.0 Å². The molecule has 0 saturated heterocycles. The van der Waals surface area contributed by atoms with Gasteiger partial charge < -0.3 is 5.32 Å². The maximum atomic E-state index is 3.18. The average Bonchev–Trinajstić information content (AvgIpc) is 2.21. The van der Waals surface area contributed by atoms with Crippen LogP contribution in [0.25, 0.3) is 5.57 Å². The number of benzene rings is 1. The van der Waals surface area contributed by atoms with E-state index in [9.17, 15) is 0 Å². The zero-order chi connectivity index (χ0) is 8.23. The van der Waals surface area contributed by atoms with E-state index in [2.05, 4.69) is 48.3 Å². The predicted octanol–water partition coefficient (Wildman–Crippen LogP) is 2.23. The van der Waals surface area contributed by atoms with Crippen molar-refractivity contribution in [2.75, 3.05) is 6.54 Å². The maximum absolute atomic E-state index is 3.18. The monoisotopic (exact) mass is 158 g/mol. The van der Waals surface area contributed by atoms with Crippen molar-refractivity contribution in [3.05, 3.63) is 48.5 Å². The first-order valence-electron chi connectivity index (χ1n) is 4.26. The predicted molar refractivity (Wildman–Crippen MR) is 51.3 cm³/mol. The van der Waals surface area contributed by atoms with E-state index in [1.807, 2.05) is 0 Å². The molecule has 0 amide bonds. The van der Waals surface area contributed by atoms with Crippen LogP contribution in [0.4, 0.5) is 0 Å². The fourth-order valence-corrected chi connectivity index (χ4v) is 1.42. The topological polar surface area (TPSA) is 12.0 Å². The molecule has 0 aliphatic carbocycles. The highest BCUT2D eigenvalue weighted by molar-refractivity contribution is 5.67. The Balaban J connectivity index is 2.24. The fraction of sp³-hybridized carbons (Fsp3) is 0.182. The second-order valence-electron chi connectivity index (χ2n) is 2.91. The summed E-state index contributed by atoms with van der Waals surface area (Å²) in [4.78, 5) is 0. The summed E-state index contributed by atoms with van der Waals surface area (Å²) in [5, 5.41) is 3.18. The Hall–Kier alpha value is -1.08. The molecule has 2 rings (SSSR count). The van der Waals surface area contributed by atoms with Crippen molar-refractivity contribution in [3.8, 4) is 0 Å². The molecule has 0 saturated carbocycles. The molecule has 1 aliphatic rings. The van der Waals surface area contributed by atoms with Crippen LogP contribution in [0.1, 0.15) is 12.0 Å². The van der Waals surface area contributed by atoms with Crippen molar-refractivity contribution >= 4 is 5.57 Å². The highest BCUT2D eigenvalue weighted by Gasteiger charge is 2.03. The third kappa shape index (κ3) is 1.56. The summed E-state index contributed by atoms with van der Waals surface area (Å²) in [6, 6.07) is 10.5. The smallest absolute Gasteiger partial charge is 0.0267 e. The molecule has 0 fully saturated rings. The SMILES string of the molecule is [CH]1CC(c2ccccc2)=CCN1. The van der Waals surface area contributed by atoms with Crippen LogP contribution in [-0.4, -0.2) is 6.54 Å². The molecular weight excluding hydrogens is 146 g/mol. The van der Waals surface area contributed by atoms with Crippen molar-refractivity contribution in [2.24, 2.45) is 0 Å². The summed E-state index contributed by atoms with van der Waals surface area (Å²) in [6.07, 6.45) is 3.28. The summed E-state index contributed by atoms with van der Waals surface area (Å²) in [5.41, 5.74) is 2.77.